The third-order valence-corrected chi connectivity index (χ3v) is 4.98. The van der Waals surface area contributed by atoms with Gasteiger partial charge in [0.2, 0.25) is 0 Å². The van der Waals surface area contributed by atoms with E-state index < -0.39 is 0 Å². The molecule has 0 amide bonds. The Morgan fingerprint density at radius 3 is 3.00 bits per heavy atom. The average molecular weight is 297 g/mol. The first-order chi connectivity index (χ1) is 9.27. The third kappa shape index (κ3) is 3.30. The van der Waals surface area contributed by atoms with Crippen molar-refractivity contribution in [3.63, 3.8) is 0 Å². The van der Waals surface area contributed by atoms with Crippen LogP contribution in [0.5, 0.6) is 0 Å². The zero-order valence-corrected chi connectivity index (χ0v) is 12.6. The minimum atomic E-state index is 0.192. The van der Waals surface area contributed by atoms with Crippen LogP contribution in [0.1, 0.15) is 12.0 Å². The first kappa shape index (κ1) is 14.4. The van der Waals surface area contributed by atoms with E-state index in [-0.39, 0.29) is 5.84 Å². The molecule has 4 nitrogen and oxygen atoms in total. The van der Waals surface area contributed by atoms with E-state index in [0.29, 0.717) is 0 Å². The molecular formula is C13H19N3OS2. The van der Waals surface area contributed by atoms with Crippen LogP contribution in [0.25, 0.3) is 0 Å². The van der Waals surface area contributed by atoms with E-state index in [9.17, 15) is 0 Å². The Kier molecular flexibility index (Phi) is 5.27. The molecule has 1 aliphatic heterocycles. The Bertz CT molecular complexity index is 457. The number of hydrogen-bond acceptors (Lipinski definition) is 5. The summed E-state index contributed by atoms with van der Waals surface area (Å²) in [5, 5.41) is 12.2. The van der Waals surface area contributed by atoms with Crippen molar-refractivity contribution in [2.75, 3.05) is 35.8 Å². The van der Waals surface area contributed by atoms with Gasteiger partial charge in [0.25, 0.3) is 0 Å². The molecule has 0 saturated carbocycles. The Morgan fingerprint density at radius 1 is 1.42 bits per heavy atom. The van der Waals surface area contributed by atoms with Crippen molar-refractivity contribution in [3.8, 4) is 0 Å². The van der Waals surface area contributed by atoms with Gasteiger partial charge < -0.3 is 15.8 Å². The van der Waals surface area contributed by atoms with Crippen LogP contribution >= 0.6 is 23.5 Å². The maximum Gasteiger partial charge on any atom is 0.173 e. The standard InChI is InChI=1S/C13H19N3OS2/c1-18-11-5-2-4-10(12(11)13(14)15-17)16-6-3-8-19-9-7-16/h2,4-5,17H,3,6-9H2,1H3,(H2,14,15). The van der Waals surface area contributed by atoms with E-state index in [4.69, 9.17) is 10.9 Å². The van der Waals surface area contributed by atoms with Crippen molar-refractivity contribution in [1.29, 1.82) is 0 Å². The number of nitrogens with zero attached hydrogens (tertiary/aromatic N) is 2. The van der Waals surface area contributed by atoms with Crippen molar-refractivity contribution in [2.45, 2.75) is 11.3 Å². The molecule has 104 valence electrons. The predicted octanol–water partition coefficient (Wildman–Crippen LogP) is 2.45. The first-order valence-corrected chi connectivity index (χ1v) is 8.63. The fourth-order valence-electron chi connectivity index (χ4n) is 2.25. The predicted molar refractivity (Wildman–Crippen MR) is 84.9 cm³/mol. The summed E-state index contributed by atoms with van der Waals surface area (Å²) in [5.41, 5.74) is 7.80. The number of nitrogens with two attached hydrogens (primary N) is 1. The normalized spacial score (nSPS) is 17.3. The molecule has 2 rings (SSSR count). The Morgan fingerprint density at radius 2 is 2.26 bits per heavy atom. The van der Waals surface area contributed by atoms with E-state index >= 15 is 0 Å². The van der Waals surface area contributed by atoms with E-state index in [1.165, 1.54) is 12.2 Å². The smallest absolute Gasteiger partial charge is 0.173 e. The molecule has 19 heavy (non-hydrogen) atoms. The third-order valence-electron chi connectivity index (χ3n) is 3.15. The summed E-state index contributed by atoms with van der Waals surface area (Å²) in [5.74, 6) is 2.52. The lowest BCUT2D eigenvalue weighted by molar-refractivity contribution is 0.318. The van der Waals surface area contributed by atoms with Gasteiger partial charge in [0.1, 0.15) is 0 Å². The van der Waals surface area contributed by atoms with Gasteiger partial charge in [-0.25, -0.2) is 0 Å². The van der Waals surface area contributed by atoms with E-state index in [0.717, 1.165) is 35.0 Å². The Labute approximate surface area is 122 Å². The summed E-state index contributed by atoms with van der Waals surface area (Å²) in [6.07, 6.45) is 3.18. The lowest BCUT2D eigenvalue weighted by Gasteiger charge is -2.26. The summed E-state index contributed by atoms with van der Waals surface area (Å²) in [4.78, 5) is 3.39. The molecule has 1 aromatic carbocycles. The topological polar surface area (TPSA) is 61.8 Å². The van der Waals surface area contributed by atoms with Crippen LogP contribution in [0.3, 0.4) is 0 Å². The number of anilines is 1. The summed E-state index contributed by atoms with van der Waals surface area (Å²) in [6, 6.07) is 6.10. The van der Waals surface area contributed by atoms with Crippen molar-refractivity contribution < 1.29 is 5.21 Å². The maximum atomic E-state index is 9.02. The van der Waals surface area contributed by atoms with Crippen molar-refractivity contribution >= 4 is 35.0 Å². The zero-order valence-electron chi connectivity index (χ0n) is 11.0. The lowest BCUT2D eigenvalue weighted by atomic mass is 10.1. The quantitative estimate of drug-likeness (QED) is 0.295. The van der Waals surface area contributed by atoms with E-state index in [2.05, 4.69) is 16.1 Å². The molecule has 0 aromatic heterocycles. The summed E-state index contributed by atoms with van der Waals surface area (Å²) in [6.45, 7) is 2.03. The van der Waals surface area contributed by atoms with Crippen LogP contribution in [0, 0.1) is 0 Å². The second-order valence-electron chi connectivity index (χ2n) is 4.29. The molecule has 1 fully saturated rings. The van der Waals surface area contributed by atoms with Gasteiger partial charge in [-0.2, -0.15) is 11.8 Å². The Hall–Kier alpha value is -1.01. The van der Waals surface area contributed by atoms with Crippen LogP contribution in [0.4, 0.5) is 5.69 Å². The Balaban J connectivity index is 2.43. The average Bonchev–Trinajstić information content (AvgIpc) is 2.74. The van der Waals surface area contributed by atoms with Crippen LogP contribution < -0.4 is 10.6 Å². The molecule has 0 unspecified atom stereocenters. The number of amidine groups is 1. The molecule has 1 aromatic rings. The zero-order chi connectivity index (χ0) is 13.7. The lowest BCUT2D eigenvalue weighted by Crippen LogP contribution is -2.29. The van der Waals surface area contributed by atoms with Gasteiger partial charge in [-0.1, -0.05) is 11.2 Å². The highest BCUT2D eigenvalue weighted by atomic mass is 32.2. The van der Waals surface area contributed by atoms with Gasteiger partial charge in [0.15, 0.2) is 5.84 Å². The van der Waals surface area contributed by atoms with Crippen LogP contribution in [0.15, 0.2) is 28.3 Å². The summed E-state index contributed by atoms with van der Waals surface area (Å²) >= 11 is 3.61. The van der Waals surface area contributed by atoms with E-state index in [1.54, 1.807) is 11.8 Å². The maximum absolute atomic E-state index is 9.02. The number of oxime groups is 1. The second-order valence-corrected chi connectivity index (χ2v) is 6.37. The fraction of sp³-hybridized carbons (Fsp3) is 0.462. The molecule has 1 heterocycles. The SMILES string of the molecule is CSc1cccc(N2CCCSCC2)c1/C(N)=N/O. The molecule has 6 heteroatoms. The first-order valence-electron chi connectivity index (χ1n) is 6.25. The number of thioether (sulfide) groups is 2. The molecular weight excluding hydrogens is 278 g/mol. The summed E-state index contributed by atoms with van der Waals surface area (Å²) < 4.78 is 0. The highest BCUT2D eigenvalue weighted by Crippen LogP contribution is 2.30. The molecule has 0 bridgehead atoms. The molecule has 0 radical (unpaired) electrons. The van der Waals surface area contributed by atoms with Gasteiger partial charge in [0, 0.05) is 29.4 Å². The monoisotopic (exact) mass is 297 g/mol. The number of hydrogen-bond donors (Lipinski definition) is 2. The van der Waals surface area contributed by atoms with Gasteiger partial charge in [0.05, 0.1) is 5.56 Å². The van der Waals surface area contributed by atoms with Gasteiger partial charge in [-0.05, 0) is 30.6 Å². The van der Waals surface area contributed by atoms with Gasteiger partial charge >= 0.3 is 0 Å². The van der Waals surface area contributed by atoms with E-state index in [1.807, 2.05) is 30.2 Å². The molecule has 1 saturated heterocycles. The van der Waals surface area contributed by atoms with Crippen molar-refractivity contribution in [2.24, 2.45) is 10.9 Å². The molecule has 1 aliphatic rings. The van der Waals surface area contributed by atoms with Crippen LogP contribution in [0.2, 0.25) is 0 Å². The fourth-order valence-corrected chi connectivity index (χ4v) is 3.76. The number of benzene rings is 1. The minimum absolute atomic E-state index is 0.192. The van der Waals surface area contributed by atoms with Crippen molar-refractivity contribution in [1.82, 2.24) is 0 Å². The van der Waals surface area contributed by atoms with Crippen LogP contribution in [-0.4, -0.2) is 41.9 Å². The molecule has 0 aliphatic carbocycles. The molecule has 3 N–H and O–H groups in total. The highest BCUT2D eigenvalue weighted by molar-refractivity contribution is 7.99. The van der Waals surface area contributed by atoms with Crippen molar-refractivity contribution in [3.05, 3.63) is 23.8 Å². The van der Waals surface area contributed by atoms with Gasteiger partial charge in [-0.3, -0.25) is 0 Å². The highest BCUT2D eigenvalue weighted by Gasteiger charge is 2.18. The largest absolute Gasteiger partial charge is 0.409 e. The second kappa shape index (κ2) is 6.96. The molecule has 0 spiro atoms. The number of rotatable bonds is 3. The summed E-state index contributed by atoms with van der Waals surface area (Å²) in [7, 11) is 0. The minimum Gasteiger partial charge on any atom is -0.409 e. The van der Waals surface area contributed by atoms with Gasteiger partial charge in [-0.15, -0.1) is 11.8 Å². The molecule has 0 atom stereocenters. The van der Waals surface area contributed by atoms with Crippen LogP contribution in [-0.2, 0) is 0 Å².